The number of halogens is 6. The average Bonchev–Trinajstić information content (AvgIpc) is 2.74. The highest BCUT2D eigenvalue weighted by molar-refractivity contribution is 5.80. The van der Waals surface area contributed by atoms with Crippen LogP contribution in [0.3, 0.4) is 0 Å². The van der Waals surface area contributed by atoms with Gasteiger partial charge in [-0.15, -0.1) is 0 Å². The lowest BCUT2D eigenvalue weighted by Gasteiger charge is -2.35. The fourth-order valence-corrected chi connectivity index (χ4v) is 4.14. The van der Waals surface area contributed by atoms with Gasteiger partial charge in [-0.3, -0.25) is 0 Å². The first-order valence-electron chi connectivity index (χ1n) is 10.3. The minimum Gasteiger partial charge on any atom is -0.491 e. The minimum atomic E-state index is -4.98. The number of alkyl halides is 4. The number of rotatable bonds is 5. The van der Waals surface area contributed by atoms with E-state index in [1.54, 1.807) is 24.3 Å². The normalized spacial score (nSPS) is 15.8. The van der Waals surface area contributed by atoms with Crippen molar-refractivity contribution in [3.05, 3.63) is 76.9 Å². The van der Waals surface area contributed by atoms with Gasteiger partial charge in [0.05, 0.1) is 17.7 Å². The van der Waals surface area contributed by atoms with Gasteiger partial charge >= 0.3 is 11.8 Å². The Morgan fingerprint density at radius 1 is 0.688 bits per heavy atom. The van der Waals surface area contributed by atoms with Crippen LogP contribution >= 0.6 is 0 Å². The molecule has 7 heteroatoms. The Hall–Kier alpha value is -2.96. The molecule has 0 aromatic heterocycles. The third kappa shape index (κ3) is 3.17. The maximum atomic E-state index is 15.4. The van der Waals surface area contributed by atoms with Crippen molar-refractivity contribution in [3.63, 3.8) is 0 Å². The van der Waals surface area contributed by atoms with Crippen LogP contribution in [0.2, 0.25) is 0 Å². The molecule has 0 fully saturated rings. The Morgan fingerprint density at radius 2 is 1.22 bits per heavy atom. The molecule has 0 amide bonds. The summed E-state index contributed by atoms with van der Waals surface area (Å²) in [6.07, 6.45) is 1.69. The van der Waals surface area contributed by atoms with E-state index in [1.165, 1.54) is 13.0 Å². The first-order chi connectivity index (χ1) is 15.1. The highest BCUT2D eigenvalue weighted by Gasteiger charge is 2.65. The predicted molar refractivity (Wildman–Crippen MR) is 110 cm³/mol. The molecule has 0 atom stereocenters. The number of hydrogen-bond acceptors (Lipinski definition) is 1. The molecule has 0 aliphatic heterocycles. The molecule has 32 heavy (non-hydrogen) atoms. The van der Waals surface area contributed by atoms with Gasteiger partial charge in [-0.25, -0.2) is 8.78 Å². The van der Waals surface area contributed by atoms with Gasteiger partial charge in [0.2, 0.25) is 0 Å². The average molecular weight is 450 g/mol. The largest absolute Gasteiger partial charge is 0.491 e. The van der Waals surface area contributed by atoms with Crippen molar-refractivity contribution in [1.29, 1.82) is 0 Å². The Bertz CT molecular complexity index is 1170. The molecular weight excluding hydrogens is 430 g/mol. The maximum Gasteiger partial charge on any atom is 0.343 e. The molecule has 0 saturated carbocycles. The smallest absolute Gasteiger partial charge is 0.343 e. The highest BCUT2D eigenvalue weighted by Crippen LogP contribution is 2.60. The summed E-state index contributed by atoms with van der Waals surface area (Å²) in [6.45, 7) is 3.47. The SMILES string of the molecule is CCCc1ccc(-c2ccc3c(c2F)C(F)(F)C(F)(F)c2c-3ccc(OCC)c2F)cc1. The van der Waals surface area contributed by atoms with Gasteiger partial charge in [-0.2, -0.15) is 17.6 Å². The molecule has 0 radical (unpaired) electrons. The molecular formula is C25H20F6O. The summed E-state index contributed by atoms with van der Waals surface area (Å²) in [7, 11) is 0. The van der Waals surface area contributed by atoms with Crippen molar-refractivity contribution < 1.29 is 31.1 Å². The maximum absolute atomic E-state index is 15.4. The summed E-state index contributed by atoms with van der Waals surface area (Å²) >= 11 is 0. The third-order valence-electron chi connectivity index (χ3n) is 5.66. The van der Waals surface area contributed by atoms with Crippen molar-refractivity contribution >= 4 is 0 Å². The second kappa shape index (κ2) is 7.87. The molecule has 4 rings (SSSR count). The standard InChI is InChI=1S/C25H20F6O/c1-3-5-14-6-8-15(9-7-14)16-10-11-17-18-12-13-19(32-4-2)23(27)21(18)25(30,31)24(28,29)20(17)22(16)26/h6-13H,3-5H2,1-2H3. The van der Waals surface area contributed by atoms with Crippen molar-refractivity contribution in [3.8, 4) is 28.0 Å². The minimum absolute atomic E-state index is 0.0384. The van der Waals surface area contributed by atoms with E-state index < -0.39 is 51.5 Å². The first kappa shape index (κ1) is 22.2. The molecule has 0 bridgehead atoms. The number of hydrogen-bond donors (Lipinski definition) is 0. The van der Waals surface area contributed by atoms with E-state index in [0.717, 1.165) is 36.6 Å². The van der Waals surface area contributed by atoms with Gasteiger partial charge in [-0.1, -0.05) is 49.7 Å². The van der Waals surface area contributed by atoms with Crippen LogP contribution in [-0.4, -0.2) is 6.61 Å². The van der Waals surface area contributed by atoms with Gasteiger partial charge in [0, 0.05) is 5.56 Å². The summed E-state index contributed by atoms with van der Waals surface area (Å²) < 4.78 is 95.2. The summed E-state index contributed by atoms with van der Waals surface area (Å²) in [5, 5.41) is 0. The summed E-state index contributed by atoms with van der Waals surface area (Å²) in [4.78, 5) is 0. The van der Waals surface area contributed by atoms with Crippen LogP contribution in [0, 0.1) is 11.6 Å². The molecule has 0 unspecified atom stereocenters. The van der Waals surface area contributed by atoms with Crippen LogP contribution in [0.25, 0.3) is 22.3 Å². The first-order valence-corrected chi connectivity index (χ1v) is 10.3. The quantitative estimate of drug-likeness (QED) is 0.360. The van der Waals surface area contributed by atoms with Crippen LogP contribution in [0.1, 0.15) is 37.0 Å². The molecule has 0 spiro atoms. The lowest BCUT2D eigenvalue weighted by atomic mass is 9.78. The van der Waals surface area contributed by atoms with Crippen LogP contribution in [0.4, 0.5) is 26.3 Å². The number of fused-ring (bicyclic) bond motifs is 3. The van der Waals surface area contributed by atoms with Gasteiger partial charge in [-0.05, 0) is 47.7 Å². The molecule has 0 saturated heterocycles. The molecule has 3 aromatic rings. The molecule has 0 N–H and O–H groups in total. The fraction of sp³-hybridized carbons (Fsp3) is 0.280. The van der Waals surface area contributed by atoms with Gasteiger partial charge < -0.3 is 4.74 Å². The predicted octanol–water partition coefficient (Wildman–Crippen LogP) is 7.85. The molecule has 3 aromatic carbocycles. The Kier molecular flexibility index (Phi) is 5.47. The van der Waals surface area contributed by atoms with Crippen molar-refractivity contribution in [2.45, 2.75) is 38.5 Å². The van der Waals surface area contributed by atoms with Crippen LogP contribution in [-0.2, 0) is 18.3 Å². The Balaban J connectivity index is 1.95. The molecule has 0 heterocycles. The van der Waals surface area contributed by atoms with Gasteiger partial charge in [0.15, 0.2) is 11.6 Å². The Morgan fingerprint density at radius 3 is 1.78 bits per heavy atom. The van der Waals surface area contributed by atoms with E-state index in [2.05, 4.69) is 0 Å². The highest BCUT2D eigenvalue weighted by atomic mass is 19.3. The third-order valence-corrected chi connectivity index (χ3v) is 5.66. The fourth-order valence-electron chi connectivity index (χ4n) is 4.14. The Labute approximate surface area is 181 Å². The molecule has 1 aliphatic carbocycles. The number of benzene rings is 3. The second-order valence-electron chi connectivity index (χ2n) is 7.68. The molecule has 1 nitrogen and oxygen atoms in total. The van der Waals surface area contributed by atoms with Crippen molar-refractivity contribution in [2.24, 2.45) is 0 Å². The summed E-state index contributed by atoms with van der Waals surface area (Å²) in [5.41, 5.74) is -2.83. The van der Waals surface area contributed by atoms with Crippen molar-refractivity contribution in [1.82, 2.24) is 0 Å². The molecule has 168 valence electrons. The monoisotopic (exact) mass is 450 g/mol. The zero-order valence-electron chi connectivity index (χ0n) is 17.4. The summed E-state index contributed by atoms with van der Waals surface area (Å²) in [6, 6.07) is 11.1. The zero-order valence-corrected chi connectivity index (χ0v) is 17.4. The zero-order chi connectivity index (χ0) is 23.3. The topological polar surface area (TPSA) is 9.23 Å². The molecule has 1 aliphatic rings. The lowest BCUT2D eigenvalue weighted by molar-refractivity contribution is -0.227. The van der Waals surface area contributed by atoms with Crippen LogP contribution in [0.15, 0.2) is 48.5 Å². The van der Waals surface area contributed by atoms with Crippen molar-refractivity contribution in [2.75, 3.05) is 6.61 Å². The van der Waals surface area contributed by atoms with E-state index >= 15 is 13.2 Å². The van der Waals surface area contributed by atoms with Crippen LogP contribution in [0.5, 0.6) is 5.75 Å². The summed E-state index contributed by atoms with van der Waals surface area (Å²) in [5.74, 6) is -13.5. The number of aryl methyl sites for hydroxylation is 1. The second-order valence-corrected chi connectivity index (χ2v) is 7.68. The van der Waals surface area contributed by atoms with Crippen LogP contribution < -0.4 is 4.74 Å². The van der Waals surface area contributed by atoms with E-state index in [1.807, 2.05) is 6.92 Å². The number of ether oxygens (including phenoxy) is 1. The van der Waals surface area contributed by atoms with E-state index in [0.29, 0.717) is 0 Å². The lowest BCUT2D eigenvalue weighted by Crippen LogP contribution is -2.41. The van der Waals surface area contributed by atoms with Gasteiger partial charge in [0.1, 0.15) is 5.82 Å². The van der Waals surface area contributed by atoms with E-state index in [4.69, 9.17) is 4.74 Å². The van der Waals surface area contributed by atoms with E-state index in [-0.39, 0.29) is 17.7 Å². The van der Waals surface area contributed by atoms with E-state index in [9.17, 15) is 13.2 Å². The van der Waals surface area contributed by atoms with Gasteiger partial charge in [0.25, 0.3) is 0 Å².